The van der Waals surface area contributed by atoms with Crippen LogP contribution in [0.25, 0.3) is 0 Å². The first kappa shape index (κ1) is 57.3. The van der Waals surface area contributed by atoms with Crippen LogP contribution in [0.3, 0.4) is 0 Å². The molecule has 0 aliphatic rings. The third kappa shape index (κ3) is 24.0. The number of nitrogens with one attached hydrogen (secondary N) is 4. The van der Waals surface area contributed by atoms with Gasteiger partial charge in [-0.05, 0) is 93.9 Å². The average Bonchev–Trinajstić information content (AvgIpc) is 3.20. The molecule has 348 valence electrons. The van der Waals surface area contributed by atoms with Crippen molar-refractivity contribution < 1.29 is 33.7 Å². The number of amides is 2. The second-order valence-corrected chi connectivity index (χ2v) is 17.4. The largest absolute Gasteiger partial charge is 0.495 e. The fraction of sp³-hybridized carbons (Fsp3) is 0.540. The highest BCUT2D eigenvalue weighted by Crippen LogP contribution is 2.31. The molecule has 12 heteroatoms. The van der Waals surface area contributed by atoms with E-state index in [1.54, 1.807) is 38.3 Å². The molecule has 2 amide bonds. The summed E-state index contributed by atoms with van der Waals surface area (Å²) in [4.78, 5) is 34.7. The van der Waals surface area contributed by atoms with E-state index in [1.165, 1.54) is 16.7 Å². The van der Waals surface area contributed by atoms with Gasteiger partial charge in [-0.1, -0.05) is 123 Å². The predicted molar refractivity (Wildman–Crippen MR) is 257 cm³/mol. The number of carboxylic acids is 1. The van der Waals surface area contributed by atoms with Gasteiger partial charge in [0.1, 0.15) is 11.4 Å². The number of rotatable bonds is 25. The molecule has 62 heavy (non-hydrogen) atoms. The lowest BCUT2D eigenvalue weighted by atomic mass is 9.84. The van der Waals surface area contributed by atoms with Gasteiger partial charge in [-0.25, -0.2) is 4.79 Å². The number of aliphatic carboxylic acids is 1. The van der Waals surface area contributed by atoms with Gasteiger partial charge < -0.3 is 40.6 Å². The summed E-state index contributed by atoms with van der Waals surface area (Å²) in [6, 6.07) is 13.9. The highest BCUT2D eigenvalue weighted by Gasteiger charge is 2.29. The Kier molecular flexibility index (Phi) is 27.3. The molecule has 2 aromatic carbocycles. The lowest BCUT2D eigenvalue weighted by molar-refractivity contribution is -0.149. The zero-order chi connectivity index (χ0) is 47.6. The van der Waals surface area contributed by atoms with E-state index in [2.05, 4.69) is 79.1 Å². The molecular weight excluding hydrogens is 804 g/mol. The lowest BCUT2D eigenvalue weighted by Gasteiger charge is -2.30. The second kappa shape index (κ2) is 29.5. The molecule has 0 radical (unpaired) electrons. The van der Waals surface area contributed by atoms with E-state index in [9.17, 15) is 14.4 Å². The van der Waals surface area contributed by atoms with Crippen LogP contribution in [0.1, 0.15) is 126 Å². The van der Waals surface area contributed by atoms with Gasteiger partial charge in [-0.2, -0.15) is 0 Å². The molecule has 2 aromatic rings. The van der Waals surface area contributed by atoms with Gasteiger partial charge in [0.2, 0.25) is 11.8 Å². The number of anilines is 1. The van der Waals surface area contributed by atoms with Crippen LogP contribution in [0.5, 0.6) is 5.75 Å². The topological polar surface area (TPSA) is 147 Å². The summed E-state index contributed by atoms with van der Waals surface area (Å²) in [5, 5.41) is 21.8. The number of allylic oxidation sites excluding steroid dienone is 2. The summed E-state index contributed by atoms with van der Waals surface area (Å²) in [6.07, 6.45) is 5.11. The third-order valence-corrected chi connectivity index (χ3v) is 9.85. The van der Waals surface area contributed by atoms with E-state index in [-0.39, 0.29) is 29.3 Å². The highest BCUT2D eigenvalue weighted by molar-refractivity contribution is 6.32. The van der Waals surface area contributed by atoms with E-state index >= 15 is 0 Å². The molecule has 3 unspecified atom stereocenters. The monoisotopic (exact) mass is 883 g/mol. The molecule has 0 spiro atoms. The Hall–Kier alpha value is -4.74. The zero-order valence-corrected chi connectivity index (χ0v) is 40.8. The average molecular weight is 884 g/mol. The van der Waals surface area contributed by atoms with Crippen LogP contribution < -0.4 is 26.0 Å². The van der Waals surface area contributed by atoms with Gasteiger partial charge in [0, 0.05) is 49.6 Å². The van der Waals surface area contributed by atoms with Crippen molar-refractivity contribution in [1.29, 1.82) is 0 Å². The first-order valence-electron chi connectivity index (χ1n) is 21.8. The number of methoxy groups -OCH3 is 1. The summed E-state index contributed by atoms with van der Waals surface area (Å²) < 4.78 is 16.3. The number of carbonyl (C=O) groups is 3. The lowest BCUT2D eigenvalue weighted by Crippen LogP contribution is -2.37. The summed E-state index contributed by atoms with van der Waals surface area (Å²) in [5.41, 5.74) is 3.55. The first-order valence-corrected chi connectivity index (χ1v) is 22.1. The van der Waals surface area contributed by atoms with Crippen molar-refractivity contribution >= 4 is 35.1 Å². The van der Waals surface area contributed by atoms with Gasteiger partial charge in [0.15, 0.2) is 12.0 Å². The molecule has 2 rings (SSSR count). The van der Waals surface area contributed by atoms with Crippen LogP contribution in [0, 0.1) is 17.3 Å². The molecule has 11 nitrogen and oxygen atoms in total. The number of benzene rings is 2. The summed E-state index contributed by atoms with van der Waals surface area (Å²) in [7, 11) is 1.55. The van der Waals surface area contributed by atoms with E-state index < -0.39 is 17.5 Å². The SMILES string of the molecule is C=C(NCCNCc1ccc(C(C)C(=C)C(C)CC/C=C/C(=O)Nc2ccc(OC)c(Cl)c2)cc1)OC(C)(C)C.C=C(OC(CC(C)C)C(=O)O)C(C)(C)CNC(=O)CC.CC. The van der Waals surface area contributed by atoms with Crippen molar-refractivity contribution in [2.75, 3.05) is 32.1 Å². The predicted octanol–water partition coefficient (Wildman–Crippen LogP) is 11.2. The zero-order valence-electron chi connectivity index (χ0n) is 40.1. The van der Waals surface area contributed by atoms with Crippen molar-refractivity contribution in [3.63, 3.8) is 0 Å². The van der Waals surface area contributed by atoms with E-state index in [4.69, 9.17) is 30.9 Å². The van der Waals surface area contributed by atoms with Crippen LogP contribution in [0.4, 0.5) is 5.69 Å². The van der Waals surface area contributed by atoms with Crippen molar-refractivity contribution in [1.82, 2.24) is 16.0 Å². The minimum absolute atomic E-state index is 0.0529. The summed E-state index contributed by atoms with van der Waals surface area (Å²) in [6.45, 7) is 38.6. The van der Waals surface area contributed by atoms with Crippen LogP contribution in [0.2, 0.25) is 5.02 Å². The van der Waals surface area contributed by atoms with Crippen LogP contribution in [0.15, 0.2) is 91.6 Å². The summed E-state index contributed by atoms with van der Waals surface area (Å²) >= 11 is 6.12. The minimum Gasteiger partial charge on any atom is -0.495 e. The quantitative estimate of drug-likeness (QED) is 0.0284. The molecule has 3 atom stereocenters. The smallest absolute Gasteiger partial charge is 0.344 e. The van der Waals surface area contributed by atoms with Crippen molar-refractivity contribution in [3.05, 3.63) is 108 Å². The number of hydrogen-bond donors (Lipinski definition) is 5. The van der Waals surface area contributed by atoms with Crippen LogP contribution in [-0.2, 0) is 30.4 Å². The Morgan fingerprint density at radius 2 is 1.55 bits per heavy atom. The normalized spacial score (nSPS) is 12.6. The number of ether oxygens (including phenoxy) is 3. The Bertz CT molecular complexity index is 1730. The maximum Gasteiger partial charge on any atom is 0.344 e. The Morgan fingerprint density at radius 1 is 0.919 bits per heavy atom. The Morgan fingerprint density at radius 3 is 2.08 bits per heavy atom. The van der Waals surface area contributed by atoms with Crippen LogP contribution in [-0.4, -0.2) is 61.3 Å². The van der Waals surface area contributed by atoms with Gasteiger partial charge >= 0.3 is 5.97 Å². The van der Waals surface area contributed by atoms with E-state index in [1.807, 2.05) is 68.4 Å². The molecular formula is C50H79ClN4O7. The minimum atomic E-state index is -0.992. The fourth-order valence-corrected chi connectivity index (χ4v) is 5.90. The fourth-order valence-electron chi connectivity index (χ4n) is 5.65. The van der Waals surface area contributed by atoms with E-state index in [0.717, 1.165) is 32.5 Å². The maximum atomic E-state index is 12.2. The van der Waals surface area contributed by atoms with Crippen LogP contribution >= 0.6 is 11.6 Å². The number of halogens is 1. The van der Waals surface area contributed by atoms with Gasteiger partial charge in [0.25, 0.3) is 0 Å². The maximum absolute atomic E-state index is 12.2. The Balaban J connectivity index is 0.00000142. The summed E-state index contributed by atoms with van der Waals surface area (Å²) in [5.74, 6) is 1.10. The molecule has 0 aliphatic carbocycles. The van der Waals surface area contributed by atoms with Crippen molar-refractivity contribution in [2.45, 2.75) is 133 Å². The van der Waals surface area contributed by atoms with Crippen molar-refractivity contribution in [2.24, 2.45) is 17.3 Å². The molecule has 0 heterocycles. The molecule has 5 N–H and O–H groups in total. The van der Waals surface area contributed by atoms with E-state index in [0.29, 0.717) is 53.4 Å². The second-order valence-electron chi connectivity index (χ2n) is 17.0. The van der Waals surface area contributed by atoms with Gasteiger partial charge in [0.05, 0.1) is 17.9 Å². The Labute approximate surface area is 379 Å². The molecule has 0 fully saturated rings. The molecule has 0 saturated carbocycles. The van der Waals surface area contributed by atoms with Gasteiger partial charge in [-0.3, -0.25) is 9.59 Å². The molecule has 0 saturated heterocycles. The highest BCUT2D eigenvalue weighted by atomic mass is 35.5. The van der Waals surface area contributed by atoms with Gasteiger partial charge in [-0.15, -0.1) is 0 Å². The number of carbonyl (C=O) groups excluding carboxylic acids is 2. The first-order chi connectivity index (χ1) is 29.0. The molecule has 0 bridgehead atoms. The van der Waals surface area contributed by atoms with Crippen molar-refractivity contribution in [3.8, 4) is 5.75 Å². The number of carboxylic acid groups (broad SMARTS) is 1. The number of hydrogen-bond acceptors (Lipinski definition) is 8. The standard InChI is InChI=1S/C33H46ClN3O3.C15H27NO4.C2H6/c1-23(11-9-10-12-32(38)37-29-17-18-31(39-8)30(34)21-29)24(2)25(3)28-15-13-27(14-16-28)22-35-19-20-36-26(4)40-33(5,6)7;1-7-13(17)16-9-15(5,6)11(4)20-12(14(18)19)8-10(2)3;1-2/h10,12-18,21,23,25,35-36H,2,4,9,11,19-20,22H2,1,3,5-8H3,(H,37,38);10,12H,4,7-9H2,1-3,5-6H3,(H,16,17)(H,18,19);1-2H3/b12-10+;;. The molecule has 0 aliphatic heterocycles. The molecule has 0 aromatic heterocycles. The third-order valence-electron chi connectivity index (χ3n) is 9.56.